The largest absolute Gasteiger partial charge is 0.377 e. The molecule has 0 bridgehead atoms. The molecule has 0 aromatic carbocycles. The molecule has 0 radical (unpaired) electrons. The van der Waals surface area contributed by atoms with Gasteiger partial charge < -0.3 is 19.5 Å². The molecule has 0 aliphatic carbocycles. The third kappa shape index (κ3) is 3.50. The van der Waals surface area contributed by atoms with E-state index < -0.39 is 0 Å². The Morgan fingerprint density at radius 2 is 1.91 bits per heavy atom. The minimum Gasteiger partial charge on any atom is -0.377 e. The minimum absolute atomic E-state index is 0.0553. The highest BCUT2D eigenvalue weighted by atomic mass is 16.5. The van der Waals surface area contributed by atoms with Gasteiger partial charge in [0.1, 0.15) is 6.54 Å². The van der Waals surface area contributed by atoms with Crippen LogP contribution in [0.3, 0.4) is 0 Å². The zero-order chi connectivity index (χ0) is 16.3. The predicted molar refractivity (Wildman–Crippen MR) is 83.5 cm³/mol. The lowest BCUT2D eigenvalue weighted by Gasteiger charge is -2.19. The number of ether oxygens (including phenoxy) is 1. The van der Waals surface area contributed by atoms with E-state index in [1.807, 2.05) is 37.5 Å². The van der Waals surface area contributed by atoms with E-state index in [0.29, 0.717) is 26.1 Å². The third-order valence-corrected chi connectivity index (χ3v) is 4.29. The summed E-state index contributed by atoms with van der Waals surface area (Å²) in [6.45, 7) is 7.15. The van der Waals surface area contributed by atoms with Crippen molar-refractivity contribution in [3.05, 3.63) is 23.5 Å². The molecule has 22 heavy (non-hydrogen) atoms. The fourth-order valence-corrected chi connectivity index (χ4v) is 2.92. The highest BCUT2D eigenvalue weighted by molar-refractivity contribution is 5.78. The van der Waals surface area contributed by atoms with Crippen LogP contribution >= 0.6 is 0 Å². The van der Waals surface area contributed by atoms with Crippen LogP contribution < -0.4 is 5.32 Å². The average molecular weight is 307 g/mol. The van der Waals surface area contributed by atoms with Crippen molar-refractivity contribution >= 4 is 11.8 Å². The fourth-order valence-electron chi connectivity index (χ4n) is 2.92. The van der Waals surface area contributed by atoms with E-state index in [-0.39, 0.29) is 24.0 Å². The Morgan fingerprint density at radius 1 is 1.27 bits per heavy atom. The lowest BCUT2D eigenvalue weighted by atomic mass is 10.2. The zero-order valence-electron chi connectivity index (χ0n) is 13.8. The van der Waals surface area contributed by atoms with Gasteiger partial charge in [0.05, 0.1) is 12.1 Å². The summed E-state index contributed by atoms with van der Waals surface area (Å²) in [6, 6.07) is 3.85. The Balaban J connectivity index is 1.97. The second-order valence-electron chi connectivity index (χ2n) is 5.80. The Hall–Kier alpha value is -1.82. The van der Waals surface area contributed by atoms with E-state index >= 15 is 0 Å². The van der Waals surface area contributed by atoms with E-state index in [4.69, 9.17) is 4.74 Å². The van der Waals surface area contributed by atoms with Crippen LogP contribution in [0.15, 0.2) is 12.1 Å². The number of aryl methyl sites for hydroxylation is 2. The van der Waals surface area contributed by atoms with Crippen LogP contribution in [-0.2, 0) is 20.9 Å². The normalized spacial score (nSPS) is 21.2. The van der Waals surface area contributed by atoms with Gasteiger partial charge in [-0.25, -0.2) is 0 Å². The van der Waals surface area contributed by atoms with Gasteiger partial charge in [0.2, 0.25) is 11.8 Å². The molecule has 2 heterocycles. The second kappa shape index (κ2) is 6.96. The second-order valence-corrected chi connectivity index (χ2v) is 5.80. The highest BCUT2D eigenvalue weighted by Crippen LogP contribution is 2.14. The molecule has 1 saturated heterocycles. The van der Waals surface area contributed by atoms with Crippen LogP contribution in [0, 0.1) is 13.8 Å². The quantitative estimate of drug-likeness (QED) is 0.877. The van der Waals surface area contributed by atoms with Crippen molar-refractivity contribution in [3.8, 4) is 0 Å². The average Bonchev–Trinajstić information content (AvgIpc) is 3.04. The molecule has 2 rings (SSSR count). The number of hydrogen-bond donors (Lipinski definition) is 1. The molecule has 6 nitrogen and oxygen atoms in total. The minimum atomic E-state index is -0.149. The van der Waals surface area contributed by atoms with E-state index in [9.17, 15) is 9.59 Å². The molecule has 2 amide bonds. The molecular weight excluding hydrogens is 282 g/mol. The highest BCUT2D eigenvalue weighted by Gasteiger charge is 2.35. The summed E-state index contributed by atoms with van der Waals surface area (Å²) in [5.74, 6) is 0.0381. The molecule has 0 saturated carbocycles. The van der Waals surface area contributed by atoms with Gasteiger partial charge in [0.25, 0.3) is 0 Å². The number of carbonyl (C=O) groups is 2. The Bertz CT molecular complexity index is 533. The molecule has 1 aliphatic rings. The molecule has 0 unspecified atom stereocenters. The third-order valence-electron chi connectivity index (χ3n) is 4.29. The first-order valence-electron chi connectivity index (χ1n) is 7.69. The van der Waals surface area contributed by atoms with Crippen molar-refractivity contribution in [1.82, 2.24) is 14.8 Å². The first-order valence-corrected chi connectivity index (χ1v) is 7.69. The van der Waals surface area contributed by atoms with Gasteiger partial charge in [0.15, 0.2) is 0 Å². The number of carbonyl (C=O) groups excluding carboxylic acids is 2. The number of amides is 2. The first-order chi connectivity index (χ1) is 10.5. The van der Waals surface area contributed by atoms with E-state index in [2.05, 4.69) is 5.32 Å². The van der Waals surface area contributed by atoms with Crippen molar-refractivity contribution in [2.75, 3.05) is 20.2 Å². The summed E-state index contributed by atoms with van der Waals surface area (Å²) < 4.78 is 7.39. The summed E-state index contributed by atoms with van der Waals surface area (Å²) in [5, 5.41) is 3.00. The first kappa shape index (κ1) is 16.5. The van der Waals surface area contributed by atoms with Gasteiger partial charge in [-0.2, -0.15) is 0 Å². The molecule has 6 heteroatoms. The smallest absolute Gasteiger partial charge is 0.240 e. The van der Waals surface area contributed by atoms with Crippen molar-refractivity contribution in [3.63, 3.8) is 0 Å². The maximum absolute atomic E-state index is 12.3. The lowest BCUT2D eigenvalue weighted by molar-refractivity contribution is -0.130. The molecule has 122 valence electrons. The number of nitrogens with one attached hydrogen (secondary N) is 1. The van der Waals surface area contributed by atoms with Crippen molar-refractivity contribution in [1.29, 1.82) is 0 Å². The van der Waals surface area contributed by atoms with E-state index in [1.54, 1.807) is 12.0 Å². The van der Waals surface area contributed by atoms with Crippen LogP contribution in [0.5, 0.6) is 0 Å². The van der Waals surface area contributed by atoms with Crippen molar-refractivity contribution < 1.29 is 14.3 Å². The SMILES string of the molecule is CCC(=O)N1C[C@@H](NC(=O)Cn2c(C)ccc2C)[C@H](OC)C1. The molecule has 1 fully saturated rings. The Kier molecular flexibility index (Phi) is 5.24. The van der Waals surface area contributed by atoms with Gasteiger partial charge in [-0.05, 0) is 26.0 Å². The molecular formula is C16H25N3O3. The van der Waals surface area contributed by atoms with Crippen molar-refractivity contribution in [2.24, 2.45) is 0 Å². The maximum Gasteiger partial charge on any atom is 0.240 e. The van der Waals surface area contributed by atoms with Gasteiger partial charge in [-0.3, -0.25) is 9.59 Å². The van der Waals surface area contributed by atoms with E-state index in [1.165, 1.54) is 0 Å². The van der Waals surface area contributed by atoms with E-state index in [0.717, 1.165) is 11.4 Å². The lowest BCUT2D eigenvalue weighted by Crippen LogP contribution is -2.45. The number of rotatable bonds is 5. The molecule has 1 aromatic heterocycles. The van der Waals surface area contributed by atoms with Crippen LogP contribution in [-0.4, -0.2) is 53.6 Å². The predicted octanol–water partition coefficient (Wildman–Crippen LogP) is 0.857. The molecule has 1 aliphatic heterocycles. The van der Waals surface area contributed by atoms with Crippen molar-refractivity contribution in [2.45, 2.75) is 45.9 Å². The maximum atomic E-state index is 12.3. The van der Waals surface area contributed by atoms with Crippen LogP contribution in [0.1, 0.15) is 24.7 Å². The Morgan fingerprint density at radius 3 is 2.45 bits per heavy atom. The summed E-state index contributed by atoms with van der Waals surface area (Å²) in [4.78, 5) is 25.8. The molecule has 1 N–H and O–H groups in total. The van der Waals surface area contributed by atoms with Gasteiger partial charge in [-0.1, -0.05) is 6.92 Å². The topological polar surface area (TPSA) is 63.6 Å². The molecule has 0 spiro atoms. The number of hydrogen-bond acceptors (Lipinski definition) is 3. The van der Waals surface area contributed by atoms with Crippen LogP contribution in [0.4, 0.5) is 0 Å². The van der Waals surface area contributed by atoms with Gasteiger partial charge in [-0.15, -0.1) is 0 Å². The summed E-state index contributed by atoms with van der Waals surface area (Å²) in [7, 11) is 1.62. The molecule has 2 atom stereocenters. The summed E-state index contributed by atoms with van der Waals surface area (Å²) >= 11 is 0. The van der Waals surface area contributed by atoms with Crippen LogP contribution in [0.2, 0.25) is 0 Å². The standard InChI is InChI=1S/C16H25N3O3/c1-5-16(21)18-8-13(14(9-18)22-4)17-15(20)10-19-11(2)6-7-12(19)3/h6-7,13-14H,5,8-10H2,1-4H3,(H,17,20)/t13-,14-/m1/s1. The monoisotopic (exact) mass is 307 g/mol. The zero-order valence-corrected chi connectivity index (χ0v) is 13.8. The molecule has 1 aromatic rings. The van der Waals surface area contributed by atoms with Gasteiger partial charge in [0, 0.05) is 38.0 Å². The fraction of sp³-hybridized carbons (Fsp3) is 0.625. The number of likely N-dealkylation sites (tertiary alicyclic amines) is 1. The van der Waals surface area contributed by atoms with Gasteiger partial charge >= 0.3 is 0 Å². The summed E-state index contributed by atoms with van der Waals surface area (Å²) in [5.41, 5.74) is 2.12. The van der Waals surface area contributed by atoms with Crippen LogP contribution in [0.25, 0.3) is 0 Å². The number of aromatic nitrogens is 1. The number of methoxy groups -OCH3 is 1. The summed E-state index contributed by atoms with van der Waals surface area (Å²) in [6.07, 6.45) is 0.324. The number of nitrogens with zero attached hydrogens (tertiary/aromatic N) is 2. The Labute approximate surface area is 131 Å².